The molecule has 0 atom stereocenters. The Morgan fingerprint density at radius 3 is 2.15 bits per heavy atom. The quantitative estimate of drug-likeness (QED) is 0.448. The van der Waals surface area contributed by atoms with Gasteiger partial charge < -0.3 is 9.80 Å². The molecule has 0 bridgehead atoms. The molecule has 1 aliphatic rings. The number of amides is 1. The fourth-order valence-corrected chi connectivity index (χ4v) is 4.06. The van der Waals surface area contributed by atoms with E-state index in [2.05, 4.69) is 14.9 Å². The van der Waals surface area contributed by atoms with Crippen LogP contribution in [0.25, 0.3) is 28.2 Å². The Morgan fingerprint density at radius 1 is 0.853 bits per heavy atom. The summed E-state index contributed by atoms with van der Waals surface area (Å²) in [6, 6.07) is 12.3. The second-order valence-electron chi connectivity index (χ2n) is 8.39. The van der Waals surface area contributed by atoms with Gasteiger partial charge in [0.15, 0.2) is 5.65 Å². The molecule has 3 heterocycles. The molecule has 34 heavy (non-hydrogen) atoms. The monoisotopic (exact) mass is 465 g/mol. The molecule has 5 rings (SSSR count). The van der Waals surface area contributed by atoms with Crippen LogP contribution in [0.4, 0.5) is 13.2 Å². The van der Waals surface area contributed by atoms with Gasteiger partial charge in [-0.3, -0.25) is 14.2 Å². The van der Waals surface area contributed by atoms with E-state index >= 15 is 0 Å². The standard InChI is InChI=1S/C25H22F3N5O/c1-31-10-12-32(13-11-31)24(34)19-4-2-17(3-5-19)21-16-33-22(14-30-23(33)15-29-21)18-6-8-20(9-7-18)25(26,27)28/h2-9,14-16H,10-13H2,1H3. The Morgan fingerprint density at radius 2 is 1.50 bits per heavy atom. The van der Waals surface area contributed by atoms with Crippen LogP contribution in [0.3, 0.4) is 0 Å². The minimum Gasteiger partial charge on any atom is -0.336 e. The number of fused-ring (bicyclic) bond motifs is 1. The maximum absolute atomic E-state index is 12.9. The third kappa shape index (κ3) is 4.26. The number of aromatic nitrogens is 3. The summed E-state index contributed by atoms with van der Waals surface area (Å²) in [4.78, 5) is 25.6. The molecule has 2 aromatic heterocycles. The van der Waals surface area contributed by atoms with Crippen LogP contribution < -0.4 is 0 Å². The van der Waals surface area contributed by atoms with Crippen LogP contribution in [0.15, 0.2) is 67.1 Å². The molecule has 0 saturated carbocycles. The number of rotatable bonds is 3. The van der Waals surface area contributed by atoms with Crippen molar-refractivity contribution >= 4 is 11.6 Å². The van der Waals surface area contributed by atoms with E-state index in [9.17, 15) is 18.0 Å². The normalized spacial score (nSPS) is 15.1. The predicted octanol–water partition coefficient (Wildman–Crippen LogP) is 4.47. The highest BCUT2D eigenvalue weighted by atomic mass is 19.4. The van der Waals surface area contributed by atoms with Crippen molar-refractivity contribution in [3.63, 3.8) is 0 Å². The number of hydrogen-bond acceptors (Lipinski definition) is 4. The number of imidazole rings is 1. The van der Waals surface area contributed by atoms with Gasteiger partial charge in [-0.05, 0) is 31.3 Å². The van der Waals surface area contributed by atoms with E-state index in [1.165, 1.54) is 12.1 Å². The van der Waals surface area contributed by atoms with Crippen LogP contribution in [0, 0.1) is 0 Å². The molecule has 1 amide bonds. The van der Waals surface area contributed by atoms with Crippen molar-refractivity contribution in [2.45, 2.75) is 6.18 Å². The highest BCUT2D eigenvalue weighted by Crippen LogP contribution is 2.31. The third-order valence-electron chi connectivity index (χ3n) is 6.12. The summed E-state index contributed by atoms with van der Waals surface area (Å²) < 4.78 is 40.5. The van der Waals surface area contributed by atoms with E-state index in [-0.39, 0.29) is 5.91 Å². The van der Waals surface area contributed by atoms with Gasteiger partial charge in [-0.25, -0.2) is 4.98 Å². The topological polar surface area (TPSA) is 53.7 Å². The summed E-state index contributed by atoms with van der Waals surface area (Å²) in [6.07, 6.45) is 0.646. The molecule has 6 nitrogen and oxygen atoms in total. The summed E-state index contributed by atoms with van der Waals surface area (Å²) in [7, 11) is 2.05. The molecule has 0 spiro atoms. The maximum Gasteiger partial charge on any atom is 0.416 e. The first kappa shape index (κ1) is 22.1. The van der Waals surface area contributed by atoms with Crippen LogP contribution in [0.2, 0.25) is 0 Å². The van der Waals surface area contributed by atoms with Crippen LogP contribution >= 0.6 is 0 Å². The van der Waals surface area contributed by atoms with Gasteiger partial charge >= 0.3 is 6.18 Å². The lowest BCUT2D eigenvalue weighted by Gasteiger charge is -2.32. The van der Waals surface area contributed by atoms with Gasteiger partial charge in [0, 0.05) is 49.1 Å². The number of alkyl halides is 3. The van der Waals surface area contributed by atoms with Crippen LogP contribution in [-0.2, 0) is 6.18 Å². The molecule has 2 aromatic carbocycles. The van der Waals surface area contributed by atoms with E-state index in [0.717, 1.165) is 30.8 Å². The van der Waals surface area contributed by atoms with Gasteiger partial charge in [0.25, 0.3) is 5.91 Å². The Kier molecular flexibility index (Phi) is 5.57. The minimum absolute atomic E-state index is 0.0160. The van der Waals surface area contributed by atoms with E-state index in [1.807, 2.05) is 24.1 Å². The second kappa shape index (κ2) is 8.57. The van der Waals surface area contributed by atoms with E-state index in [4.69, 9.17) is 0 Å². The molecule has 0 radical (unpaired) electrons. The van der Waals surface area contributed by atoms with Crippen molar-refractivity contribution in [2.75, 3.05) is 33.2 Å². The number of piperazine rings is 1. The second-order valence-corrected chi connectivity index (χ2v) is 8.39. The average Bonchev–Trinajstić information content (AvgIpc) is 3.27. The highest BCUT2D eigenvalue weighted by Gasteiger charge is 2.30. The number of hydrogen-bond donors (Lipinski definition) is 0. The van der Waals surface area contributed by atoms with E-state index in [0.29, 0.717) is 41.3 Å². The minimum atomic E-state index is -4.38. The van der Waals surface area contributed by atoms with Crippen molar-refractivity contribution in [1.82, 2.24) is 24.2 Å². The highest BCUT2D eigenvalue weighted by molar-refractivity contribution is 5.94. The van der Waals surface area contributed by atoms with E-state index in [1.54, 1.807) is 35.1 Å². The molecular formula is C25H22F3N5O. The number of nitrogens with zero attached hydrogens (tertiary/aromatic N) is 5. The summed E-state index contributed by atoms with van der Waals surface area (Å²) in [5.41, 5.74) is 3.28. The van der Waals surface area contributed by atoms with Gasteiger partial charge in [0.05, 0.1) is 29.3 Å². The lowest BCUT2D eigenvalue weighted by molar-refractivity contribution is -0.137. The summed E-state index contributed by atoms with van der Waals surface area (Å²) in [5, 5.41) is 0. The number of benzene rings is 2. The van der Waals surface area contributed by atoms with Gasteiger partial charge in [0.2, 0.25) is 0 Å². The predicted molar refractivity (Wildman–Crippen MR) is 122 cm³/mol. The Hall–Kier alpha value is -3.72. The van der Waals surface area contributed by atoms with Gasteiger partial charge in [-0.15, -0.1) is 0 Å². The first-order valence-corrected chi connectivity index (χ1v) is 10.9. The largest absolute Gasteiger partial charge is 0.416 e. The molecule has 4 aromatic rings. The molecule has 9 heteroatoms. The lowest BCUT2D eigenvalue weighted by Crippen LogP contribution is -2.47. The smallest absolute Gasteiger partial charge is 0.336 e. The fraction of sp³-hybridized carbons (Fsp3) is 0.240. The number of carbonyl (C=O) groups excluding carboxylic acids is 1. The maximum atomic E-state index is 12.9. The molecule has 1 aliphatic heterocycles. The molecule has 174 valence electrons. The first-order valence-electron chi connectivity index (χ1n) is 10.9. The van der Waals surface area contributed by atoms with Crippen molar-refractivity contribution in [1.29, 1.82) is 0 Å². The van der Waals surface area contributed by atoms with E-state index < -0.39 is 11.7 Å². The van der Waals surface area contributed by atoms with Crippen molar-refractivity contribution < 1.29 is 18.0 Å². The number of carbonyl (C=O) groups is 1. The first-order chi connectivity index (χ1) is 16.3. The molecule has 0 aliphatic carbocycles. The molecule has 1 fully saturated rings. The average molecular weight is 465 g/mol. The molecule has 1 saturated heterocycles. The zero-order valence-electron chi connectivity index (χ0n) is 18.5. The van der Waals surface area contributed by atoms with Crippen molar-refractivity contribution in [3.05, 3.63) is 78.2 Å². The van der Waals surface area contributed by atoms with Crippen LogP contribution in [0.5, 0.6) is 0 Å². The van der Waals surface area contributed by atoms with Crippen LogP contribution in [-0.4, -0.2) is 63.3 Å². The third-order valence-corrected chi connectivity index (χ3v) is 6.12. The summed E-state index contributed by atoms with van der Waals surface area (Å²) in [6.45, 7) is 3.14. The lowest BCUT2D eigenvalue weighted by atomic mass is 10.1. The zero-order chi connectivity index (χ0) is 23.9. The number of halogens is 3. The van der Waals surface area contributed by atoms with Gasteiger partial charge in [-0.2, -0.15) is 13.2 Å². The number of likely N-dealkylation sites (N-methyl/N-ethyl adjacent to an activating group) is 1. The SMILES string of the molecule is CN1CCN(C(=O)c2ccc(-c3cn4c(-c5ccc(C(F)(F)F)cc5)cnc4cn3)cc2)CC1. The van der Waals surface area contributed by atoms with Gasteiger partial charge in [0.1, 0.15) is 0 Å². The van der Waals surface area contributed by atoms with Crippen molar-refractivity contribution in [2.24, 2.45) is 0 Å². The van der Waals surface area contributed by atoms with Gasteiger partial charge in [-0.1, -0.05) is 24.3 Å². The fourth-order valence-electron chi connectivity index (χ4n) is 4.06. The van der Waals surface area contributed by atoms with Crippen LogP contribution in [0.1, 0.15) is 15.9 Å². The van der Waals surface area contributed by atoms with Crippen molar-refractivity contribution in [3.8, 4) is 22.5 Å². The zero-order valence-corrected chi connectivity index (χ0v) is 18.5. The Labute approximate surface area is 194 Å². The Balaban J connectivity index is 1.41. The molecule has 0 unspecified atom stereocenters. The molecular weight excluding hydrogens is 443 g/mol. The molecule has 0 N–H and O–H groups in total. The Bertz CT molecular complexity index is 1320. The summed E-state index contributed by atoms with van der Waals surface area (Å²) >= 11 is 0. The summed E-state index contributed by atoms with van der Waals surface area (Å²) in [5.74, 6) is 0.0160.